The molecule has 0 aromatic heterocycles. The van der Waals surface area contributed by atoms with Gasteiger partial charge in [0.05, 0.1) is 7.11 Å². The molecule has 1 aliphatic rings. The Kier molecular flexibility index (Phi) is 5.04. The van der Waals surface area contributed by atoms with Gasteiger partial charge in [-0.25, -0.2) is 4.79 Å². The van der Waals surface area contributed by atoms with Crippen LogP contribution in [0.3, 0.4) is 0 Å². The predicted octanol–water partition coefficient (Wildman–Crippen LogP) is 1.85. The number of carbonyl (C=O) groups is 2. The van der Waals surface area contributed by atoms with Crippen molar-refractivity contribution in [3.05, 3.63) is 36.4 Å². The lowest BCUT2D eigenvalue weighted by atomic mass is 10.1. The number of benzene rings is 1. The number of nitrogens with one attached hydrogen (secondary N) is 1. The van der Waals surface area contributed by atoms with Crippen LogP contribution >= 0.6 is 0 Å². The highest BCUT2D eigenvalue weighted by atomic mass is 16.5. The van der Waals surface area contributed by atoms with Crippen molar-refractivity contribution in [2.75, 3.05) is 13.7 Å². The van der Waals surface area contributed by atoms with Crippen molar-refractivity contribution in [3.8, 4) is 11.5 Å². The van der Waals surface area contributed by atoms with Gasteiger partial charge in [0.2, 0.25) is 0 Å². The molecule has 0 spiro atoms. The summed E-state index contributed by atoms with van der Waals surface area (Å²) in [5.41, 5.74) is 0.328. The van der Waals surface area contributed by atoms with Crippen LogP contribution in [0.2, 0.25) is 0 Å². The highest BCUT2D eigenvalue weighted by Crippen LogP contribution is 2.33. The van der Waals surface area contributed by atoms with E-state index in [-0.39, 0.29) is 5.92 Å². The van der Waals surface area contributed by atoms with E-state index < -0.39 is 17.9 Å². The second-order valence-electron chi connectivity index (χ2n) is 5.09. The van der Waals surface area contributed by atoms with E-state index in [0.717, 1.165) is 12.8 Å². The number of amides is 1. The molecule has 6 nitrogen and oxygen atoms in total. The molecule has 6 heteroatoms. The van der Waals surface area contributed by atoms with E-state index in [9.17, 15) is 9.59 Å². The zero-order valence-electron chi connectivity index (χ0n) is 12.4. The first-order valence-electron chi connectivity index (χ1n) is 7.02. The number of carboxylic acids is 1. The average Bonchev–Trinajstić information content (AvgIpc) is 3.34. The van der Waals surface area contributed by atoms with Crippen molar-refractivity contribution in [1.82, 2.24) is 5.32 Å². The number of rotatable bonds is 8. The second kappa shape index (κ2) is 6.98. The Labute approximate surface area is 128 Å². The fourth-order valence-electron chi connectivity index (χ4n) is 2.11. The van der Waals surface area contributed by atoms with Gasteiger partial charge in [0.1, 0.15) is 12.6 Å². The van der Waals surface area contributed by atoms with Crippen LogP contribution in [0.4, 0.5) is 0 Å². The maximum Gasteiger partial charge on any atom is 0.326 e. The Morgan fingerprint density at radius 2 is 2.18 bits per heavy atom. The Hall–Kier alpha value is -2.50. The van der Waals surface area contributed by atoms with Crippen molar-refractivity contribution in [2.24, 2.45) is 5.92 Å². The summed E-state index contributed by atoms with van der Waals surface area (Å²) in [4.78, 5) is 23.4. The van der Waals surface area contributed by atoms with Gasteiger partial charge in [0, 0.05) is 5.56 Å². The number of methoxy groups -OCH3 is 1. The molecular formula is C16H19NO5. The highest BCUT2D eigenvalue weighted by molar-refractivity contribution is 5.97. The van der Waals surface area contributed by atoms with Crippen molar-refractivity contribution in [1.29, 1.82) is 0 Å². The van der Waals surface area contributed by atoms with E-state index in [4.69, 9.17) is 14.6 Å². The molecule has 0 bridgehead atoms. The first-order chi connectivity index (χ1) is 10.6. The number of carbonyl (C=O) groups excluding carboxylic acids is 1. The predicted molar refractivity (Wildman–Crippen MR) is 80.3 cm³/mol. The van der Waals surface area contributed by atoms with Gasteiger partial charge >= 0.3 is 5.97 Å². The Morgan fingerprint density at radius 3 is 2.73 bits per heavy atom. The molecule has 2 rings (SSSR count). The molecule has 1 fully saturated rings. The van der Waals surface area contributed by atoms with Gasteiger partial charge in [0.15, 0.2) is 11.5 Å². The van der Waals surface area contributed by atoms with E-state index in [1.165, 1.54) is 13.2 Å². The van der Waals surface area contributed by atoms with Gasteiger partial charge in [-0.3, -0.25) is 4.79 Å². The maximum atomic E-state index is 12.2. The molecular weight excluding hydrogens is 286 g/mol. The topological polar surface area (TPSA) is 84.9 Å². The van der Waals surface area contributed by atoms with E-state index in [1.807, 2.05) is 0 Å². The van der Waals surface area contributed by atoms with Crippen LogP contribution in [0.15, 0.2) is 30.9 Å². The number of ether oxygens (including phenoxy) is 2. The third-order valence-electron chi connectivity index (χ3n) is 3.43. The quantitative estimate of drug-likeness (QED) is 0.716. The maximum absolute atomic E-state index is 12.2. The third-order valence-corrected chi connectivity index (χ3v) is 3.43. The number of carboxylic acid groups (broad SMARTS) is 1. The molecule has 1 atom stereocenters. The third kappa shape index (κ3) is 3.78. The molecule has 1 aromatic rings. The summed E-state index contributed by atoms with van der Waals surface area (Å²) in [6.45, 7) is 3.89. The summed E-state index contributed by atoms with van der Waals surface area (Å²) in [7, 11) is 1.47. The zero-order chi connectivity index (χ0) is 16.1. The molecule has 1 saturated carbocycles. The van der Waals surface area contributed by atoms with Crippen LogP contribution in [-0.2, 0) is 4.79 Å². The Morgan fingerprint density at radius 1 is 1.45 bits per heavy atom. The first-order valence-corrected chi connectivity index (χ1v) is 7.02. The number of hydrogen-bond donors (Lipinski definition) is 2. The van der Waals surface area contributed by atoms with Gasteiger partial charge in [0.25, 0.3) is 5.91 Å². The van der Waals surface area contributed by atoms with Gasteiger partial charge < -0.3 is 19.9 Å². The monoisotopic (exact) mass is 305 g/mol. The molecule has 1 unspecified atom stereocenters. The van der Waals surface area contributed by atoms with Gasteiger partial charge in [-0.2, -0.15) is 0 Å². The van der Waals surface area contributed by atoms with Crippen molar-refractivity contribution < 1.29 is 24.2 Å². The van der Waals surface area contributed by atoms with E-state index in [0.29, 0.717) is 23.7 Å². The highest BCUT2D eigenvalue weighted by Gasteiger charge is 2.37. The van der Waals surface area contributed by atoms with Crippen LogP contribution in [0.1, 0.15) is 23.2 Å². The lowest BCUT2D eigenvalue weighted by Gasteiger charge is -2.15. The van der Waals surface area contributed by atoms with Crippen LogP contribution in [-0.4, -0.2) is 36.7 Å². The minimum absolute atomic E-state index is 0.0264. The number of hydrogen-bond acceptors (Lipinski definition) is 4. The SMILES string of the molecule is C=CCOc1ccc(C(=O)NC(C(=O)O)C2CC2)cc1OC. The Bertz CT molecular complexity index is 580. The molecule has 0 aliphatic heterocycles. The van der Waals surface area contributed by atoms with E-state index in [1.54, 1.807) is 18.2 Å². The largest absolute Gasteiger partial charge is 0.493 e. The standard InChI is InChI=1S/C16H19NO5/c1-3-8-22-12-7-6-11(9-13(12)21-2)15(18)17-14(16(19)20)10-4-5-10/h3,6-7,9-10,14H,1,4-5,8H2,2H3,(H,17,18)(H,19,20). The summed E-state index contributed by atoms with van der Waals surface area (Å²) in [5.74, 6) is -0.510. The van der Waals surface area contributed by atoms with Crippen LogP contribution in [0, 0.1) is 5.92 Å². The number of aliphatic carboxylic acids is 1. The van der Waals surface area contributed by atoms with Crippen LogP contribution in [0.5, 0.6) is 11.5 Å². The lowest BCUT2D eigenvalue weighted by molar-refractivity contribution is -0.139. The summed E-state index contributed by atoms with van der Waals surface area (Å²) < 4.78 is 10.6. The van der Waals surface area contributed by atoms with Gasteiger partial charge in [-0.1, -0.05) is 12.7 Å². The zero-order valence-corrected chi connectivity index (χ0v) is 12.4. The molecule has 2 N–H and O–H groups in total. The first kappa shape index (κ1) is 15.9. The minimum Gasteiger partial charge on any atom is -0.493 e. The smallest absolute Gasteiger partial charge is 0.326 e. The van der Waals surface area contributed by atoms with Gasteiger partial charge in [-0.15, -0.1) is 0 Å². The molecule has 0 saturated heterocycles. The fourth-order valence-corrected chi connectivity index (χ4v) is 2.11. The normalized spacial score (nSPS) is 14.8. The van der Waals surface area contributed by atoms with Crippen LogP contribution < -0.4 is 14.8 Å². The fraction of sp³-hybridized carbons (Fsp3) is 0.375. The average molecular weight is 305 g/mol. The molecule has 0 heterocycles. The molecule has 118 valence electrons. The summed E-state index contributed by atoms with van der Waals surface area (Å²) >= 11 is 0. The Balaban J connectivity index is 2.11. The van der Waals surface area contributed by atoms with Crippen LogP contribution in [0.25, 0.3) is 0 Å². The molecule has 1 amide bonds. The lowest BCUT2D eigenvalue weighted by Crippen LogP contribution is -2.42. The van der Waals surface area contributed by atoms with Crippen molar-refractivity contribution in [3.63, 3.8) is 0 Å². The molecule has 22 heavy (non-hydrogen) atoms. The minimum atomic E-state index is -1.01. The molecule has 1 aromatic carbocycles. The van der Waals surface area contributed by atoms with E-state index >= 15 is 0 Å². The van der Waals surface area contributed by atoms with Gasteiger partial charge in [-0.05, 0) is 37.0 Å². The van der Waals surface area contributed by atoms with Crippen molar-refractivity contribution >= 4 is 11.9 Å². The van der Waals surface area contributed by atoms with Crippen molar-refractivity contribution in [2.45, 2.75) is 18.9 Å². The summed E-state index contributed by atoms with van der Waals surface area (Å²) in [5, 5.41) is 11.7. The summed E-state index contributed by atoms with van der Waals surface area (Å²) in [6.07, 6.45) is 3.26. The second-order valence-corrected chi connectivity index (χ2v) is 5.09. The molecule has 0 radical (unpaired) electrons. The van der Waals surface area contributed by atoms with E-state index in [2.05, 4.69) is 11.9 Å². The molecule has 1 aliphatic carbocycles. The summed E-state index contributed by atoms with van der Waals surface area (Å²) in [6, 6.07) is 3.88.